The number of aromatic nitrogens is 1. The van der Waals surface area contributed by atoms with Gasteiger partial charge in [-0.2, -0.15) is 5.26 Å². The lowest BCUT2D eigenvalue weighted by molar-refractivity contribution is -0.143. The van der Waals surface area contributed by atoms with Crippen LogP contribution in [0.1, 0.15) is 30.6 Å². The molecular formula is C18H15F2N3O3S. The van der Waals surface area contributed by atoms with Gasteiger partial charge in [0.15, 0.2) is 5.13 Å². The first kappa shape index (κ1) is 18.9. The number of anilines is 1. The van der Waals surface area contributed by atoms with E-state index < -0.39 is 29.4 Å². The van der Waals surface area contributed by atoms with Crippen LogP contribution in [0.15, 0.2) is 18.2 Å². The number of nitrogens with zero attached hydrogens (tertiary/aromatic N) is 2. The fraction of sp³-hybridized carbons (Fsp3) is 0.333. The van der Waals surface area contributed by atoms with Crippen LogP contribution in [-0.4, -0.2) is 22.0 Å². The minimum Gasteiger partial charge on any atom is -0.481 e. The van der Waals surface area contributed by atoms with Gasteiger partial charge in [-0.05, 0) is 37.5 Å². The maximum absolute atomic E-state index is 14.0. The largest absolute Gasteiger partial charge is 0.481 e. The molecule has 1 heterocycles. The molecule has 0 saturated heterocycles. The van der Waals surface area contributed by atoms with Crippen molar-refractivity contribution in [1.29, 1.82) is 5.26 Å². The Hall–Kier alpha value is -2.86. The fourth-order valence-electron chi connectivity index (χ4n) is 3.17. The third kappa shape index (κ3) is 4.11. The molecule has 27 heavy (non-hydrogen) atoms. The number of nitriles is 1. The number of carbonyl (C=O) groups is 2. The summed E-state index contributed by atoms with van der Waals surface area (Å²) in [6, 6.07) is 4.72. The van der Waals surface area contributed by atoms with Gasteiger partial charge in [0.1, 0.15) is 28.3 Å². The number of amides is 1. The van der Waals surface area contributed by atoms with E-state index in [4.69, 9.17) is 5.11 Å². The van der Waals surface area contributed by atoms with Gasteiger partial charge in [-0.1, -0.05) is 17.8 Å². The molecule has 9 heteroatoms. The first-order valence-electron chi connectivity index (χ1n) is 8.29. The molecule has 1 aliphatic carbocycles. The van der Waals surface area contributed by atoms with E-state index in [0.717, 1.165) is 29.5 Å². The lowest BCUT2D eigenvalue weighted by Gasteiger charge is -2.25. The monoisotopic (exact) mass is 391 g/mol. The predicted molar refractivity (Wildman–Crippen MR) is 93.9 cm³/mol. The summed E-state index contributed by atoms with van der Waals surface area (Å²) in [6.45, 7) is 0. The summed E-state index contributed by atoms with van der Waals surface area (Å²) >= 11 is 0.859. The molecule has 1 aliphatic rings. The number of aliphatic carboxylic acids is 1. The molecule has 0 aliphatic heterocycles. The van der Waals surface area contributed by atoms with Gasteiger partial charge < -0.3 is 10.4 Å². The smallest absolute Gasteiger partial charge is 0.306 e. The van der Waals surface area contributed by atoms with Gasteiger partial charge in [-0.25, -0.2) is 13.8 Å². The molecule has 3 rings (SSSR count). The first-order chi connectivity index (χ1) is 12.9. The van der Waals surface area contributed by atoms with Gasteiger partial charge in [0, 0.05) is 11.5 Å². The molecular weight excluding hydrogens is 376 g/mol. The Bertz CT molecular complexity index is 938. The number of nitrogens with one attached hydrogen (secondary N) is 1. The van der Waals surface area contributed by atoms with Gasteiger partial charge in [-0.3, -0.25) is 9.59 Å². The van der Waals surface area contributed by atoms with Crippen molar-refractivity contribution < 1.29 is 23.5 Å². The van der Waals surface area contributed by atoms with Gasteiger partial charge in [0.25, 0.3) is 0 Å². The van der Waals surface area contributed by atoms with E-state index in [1.165, 1.54) is 0 Å². The quantitative estimate of drug-likeness (QED) is 0.825. The lowest BCUT2D eigenvalue weighted by Crippen LogP contribution is -2.30. The molecule has 140 valence electrons. The molecule has 2 aromatic rings. The third-order valence-electron chi connectivity index (χ3n) is 4.54. The summed E-state index contributed by atoms with van der Waals surface area (Å²) in [5.74, 6) is -3.73. The highest BCUT2D eigenvalue weighted by molar-refractivity contribution is 7.16. The molecule has 1 fully saturated rings. The summed E-state index contributed by atoms with van der Waals surface area (Å²) in [5.41, 5.74) is -0.200. The molecule has 2 N–H and O–H groups in total. The molecule has 0 unspecified atom stereocenters. The molecule has 0 bridgehead atoms. The van der Waals surface area contributed by atoms with Crippen LogP contribution < -0.4 is 5.32 Å². The second-order valence-corrected chi connectivity index (χ2v) is 7.32. The predicted octanol–water partition coefficient (Wildman–Crippen LogP) is 3.79. The Balaban J connectivity index is 1.81. The lowest BCUT2D eigenvalue weighted by atomic mass is 9.81. The number of rotatable bonds is 4. The van der Waals surface area contributed by atoms with E-state index in [9.17, 15) is 23.6 Å². The van der Waals surface area contributed by atoms with E-state index in [-0.39, 0.29) is 33.6 Å². The summed E-state index contributed by atoms with van der Waals surface area (Å²) in [5, 5.41) is 21.1. The molecule has 0 radical (unpaired) electrons. The van der Waals surface area contributed by atoms with E-state index >= 15 is 0 Å². The van der Waals surface area contributed by atoms with Crippen LogP contribution in [0.2, 0.25) is 0 Å². The Morgan fingerprint density at radius 2 is 2.04 bits per heavy atom. The van der Waals surface area contributed by atoms with Crippen LogP contribution in [0.5, 0.6) is 0 Å². The zero-order chi connectivity index (χ0) is 19.6. The average Bonchev–Trinajstić information content (AvgIpc) is 3.06. The van der Waals surface area contributed by atoms with Crippen molar-refractivity contribution >= 4 is 28.3 Å². The zero-order valence-electron chi connectivity index (χ0n) is 14.0. The van der Waals surface area contributed by atoms with Crippen LogP contribution in [-0.2, 0) is 9.59 Å². The van der Waals surface area contributed by atoms with Gasteiger partial charge in [0.05, 0.1) is 5.92 Å². The summed E-state index contributed by atoms with van der Waals surface area (Å²) in [7, 11) is 0. The first-order valence-corrected chi connectivity index (χ1v) is 9.10. The molecule has 1 aromatic heterocycles. The highest BCUT2D eigenvalue weighted by Crippen LogP contribution is 2.34. The number of halogens is 2. The standard InChI is InChI=1S/C18H15F2N3O3S/c19-11-4-5-13(20)12(7-11)15-14(8-21)27-18(22-15)23-16(24)9-2-1-3-10(6-9)17(25)26/h4-5,7,9-10H,1-3,6H2,(H,25,26)(H,22,23,24)/t9-,10+/m0/s1. The highest BCUT2D eigenvalue weighted by Gasteiger charge is 2.31. The number of hydrogen-bond donors (Lipinski definition) is 2. The molecule has 0 spiro atoms. The van der Waals surface area contributed by atoms with Crippen LogP contribution in [0.4, 0.5) is 13.9 Å². The number of benzene rings is 1. The fourth-order valence-corrected chi connectivity index (χ4v) is 3.95. The topological polar surface area (TPSA) is 103 Å². The third-order valence-corrected chi connectivity index (χ3v) is 5.41. The Kier molecular flexibility index (Phi) is 5.46. The molecule has 6 nitrogen and oxygen atoms in total. The van der Waals surface area contributed by atoms with Crippen molar-refractivity contribution in [2.24, 2.45) is 11.8 Å². The Labute approximate surface area is 157 Å². The second kappa shape index (κ2) is 7.80. The minimum atomic E-state index is -0.919. The number of hydrogen-bond acceptors (Lipinski definition) is 5. The van der Waals surface area contributed by atoms with Crippen LogP contribution in [0.25, 0.3) is 11.3 Å². The van der Waals surface area contributed by atoms with E-state index in [0.29, 0.717) is 19.3 Å². The average molecular weight is 391 g/mol. The van der Waals surface area contributed by atoms with Crippen molar-refractivity contribution in [1.82, 2.24) is 4.98 Å². The summed E-state index contributed by atoms with van der Waals surface area (Å²) < 4.78 is 27.4. The maximum Gasteiger partial charge on any atom is 0.306 e. The summed E-state index contributed by atoms with van der Waals surface area (Å²) in [4.78, 5) is 27.7. The molecule has 2 atom stereocenters. The van der Waals surface area contributed by atoms with Crippen molar-refractivity contribution in [3.05, 3.63) is 34.7 Å². The van der Waals surface area contributed by atoms with Gasteiger partial charge in [0.2, 0.25) is 5.91 Å². The molecule has 1 amide bonds. The van der Waals surface area contributed by atoms with Crippen molar-refractivity contribution in [3.8, 4) is 17.3 Å². The van der Waals surface area contributed by atoms with Crippen LogP contribution >= 0.6 is 11.3 Å². The highest BCUT2D eigenvalue weighted by atomic mass is 32.1. The summed E-state index contributed by atoms with van der Waals surface area (Å²) in [6.07, 6.45) is 1.98. The Morgan fingerprint density at radius 1 is 1.30 bits per heavy atom. The number of carboxylic acid groups (broad SMARTS) is 1. The van der Waals surface area contributed by atoms with Crippen LogP contribution in [0.3, 0.4) is 0 Å². The van der Waals surface area contributed by atoms with Gasteiger partial charge >= 0.3 is 5.97 Å². The van der Waals surface area contributed by atoms with Crippen molar-refractivity contribution in [2.75, 3.05) is 5.32 Å². The van der Waals surface area contributed by atoms with Crippen molar-refractivity contribution in [2.45, 2.75) is 25.7 Å². The SMILES string of the molecule is N#Cc1sc(NC(=O)[C@H]2CCC[C@@H](C(=O)O)C2)nc1-c1cc(F)ccc1F. The van der Waals surface area contributed by atoms with Gasteiger partial charge in [-0.15, -0.1) is 0 Å². The Morgan fingerprint density at radius 3 is 2.74 bits per heavy atom. The zero-order valence-corrected chi connectivity index (χ0v) is 14.9. The van der Waals surface area contributed by atoms with E-state index in [2.05, 4.69) is 10.3 Å². The molecule has 1 saturated carbocycles. The van der Waals surface area contributed by atoms with Crippen molar-refractivity contribution in [3.63, 3.8) is 0 Å². The maximum atomic E-state index is 14.0. The minimum absolute atomic E-state index is 0.0399. The second-order valence-electron chi connectivity index (χ2n) is 6.32. The number of carbonyl (C=O) groups excluding carboxylic acids is 1. The van der Waals surface area contributed by atoms with Crippen LogP contribution in [0, 0.1) is 34.8 Å². The van der Waals surface area contributed by atoms with E-state index in [1.807, 2.05) is 6.07 Å². The number of thiazole rings is 1. The number of carboxylic acids is 1. The van der Waals surface area contributed by atoms with E-state index in [1.54, 1.807) is 0 Å². The normalized spacial score (nSPS) is 19.3. The molecule has 1 aromatic carbocycles.